The van der Waals surface area contributed by atoms with Gasteiger partial charge in [0.05, 0.1) is 4.88 Å². The molecule has 0 radical (unpaired) electrons. The van der Waals surface area contributed by atoms with Crippen molar-refractivity contribution in [3.05, 3.63) is 88.1 Å². The summed E-state index contributed by atoms with van der Waals surface area (Å²) >= 11 is 3.50. The molecule has 3 N–H and O–H groups in total. The van der Waals surface area contributed by atoms with Crippen LogP contribution >= 0.6 is 23.1 Å². The van der Waals surface area contributed by atoms with Crippen molar-refractivity contribution in [2.24, 2.45) is 0 Å². The molecule has 140 valence electrons. The number of thioether (sulfide) groups is 1. The van der Waals surface area contributed by atoms with Gasteiger partial charge in [0.1, 0.15) is 6.04 Å². The Hall–Kier alpha value is -2.08. The average Bonchev–Trinajstić information content (AvgIpc) is 3.22. The molecule has 0 aliphatic carbocycles. The monoisotopic (exact) mass is 397 g/mol. The first-order valence-corrected chi connectivity index (χ1v) is 11.0. The molecule has 0 saturated heterocycles. The lowest BCUT2D eigenvalue weighted by Crippen LogP contribution is -2.87. The number of quaternary nitrogens is 1. The zero-order chi connectivity index (χ0) is 18.9. The van der Waals surface area contributed by atoms with E-state index < -0.39 is 0 Å². The molecule has 3 aromatic rings. The summed E-state index contributed by atoms with van der Waals surface area (Å²) in [5.74, 6) is 0.957. The molecular formula is C22H25N2OS2+. The van der Waals surface area contributed by atoms with Crippen LogP contribution in [-0.2, 0) is 4.79 Å². The van der Waals surface area contributed by atoms with Crippen LogP contribution in [0, 0.1) is 6.92 Å². The zero-order valence-electron chi connectivity index (χ0n) is 15.4. The second kappa shape index (κ2) is 10.3. The number of hydrogen-bond acceptors (Lipinski definition) is 3. The van der Waals surface area contributed by atoms with Crippen LogP contribution in [0.2, 0.25) is 0 Å². The highest BCUT2D eigenvalue weighted by molar-refractivity contribution is 7.99. The van der Waals surface area contributed by atoms with Crippen LogP contribution in [0.4, 0.5) is 0 Å². The first-order valence-electron chi connectivity index (χ1n) is 9.10. The van der Waals surface area contributed by atoms with Crippen LogP contribution in [0.3, 0.4) is 0 Å². The molecule has 3 nitrogen and oxygen atoms in total. The molecule has 1 atom stereocenters. The third kappa shape index (κ3) is 6.24. The number of carbonyl (C=O) groups excluding carboxylic acids is 1. The number of nitrogens with two attached hydrogens (primary N) is 1. The van der Waals surface area contributed by atoms with E-state index in [0.717, 1.165) is 5.75 Å². The normalized spacial score (nSPS) is 11.9. The number of nitrogens with one attached hydrogen (secondary N) is 1. The van der Waals surface area contributed by atoms with Crippen molar-refractivity contribution >= 4 is 29.0 Å². The van der Waals surface area contributed by atoms with E-state index in [2.05, 4.69) is 71.5 Å². The van der Waals surface area contributed by atoms with Crippen LogP contribution in [0.25, 0.3) is 0 Å². The van der Waals surface area contributed by atoms with Crippen molar-refractivity contribution < 1.29 is 10.1 Å². The summed E-state index contributed by atoms with van der Waals surface area (Å²) < 4.78 is 0. The Morgan fingerprint density at radius 1 is 1.07 bits per heavy atom. The van der Waals surface area contributed by atoms with E-state index in [4.69, 9.17) is 0 Å². The van der Waals surface area contributed by atoms with Crippen LogP contribution < -0.4 is 10.6 Å². The molecule has 1 amide bonds. The SMILES string of the molecule is Cc1ccc(SCCNC(=O)C[NH2+][C@@H](c2ccccc2)c2cccs2)cc1. The number of hydrogen-bond donors (Lipinski definition) is 2. The van der Waals surface area contributed by atoms with Gasteiger partial charge in [-0.05, 0) is 30.5 Å². The highest BCUT2D eigenvalue weighted by atomic mass is 32.2. The maximum Gasteiger partial charge on any atom is 0.275 e. The summed E-state index contributed by atoms with van der Waals surface area (Å²) in [5.41, 5.74) is 2.49. The number of thiophene rings is 1. The molecule has 0 aliphatic heterocycles. The summed E-state index contributed by atoms with van der Waals surface area (Å²) in [6.07, 6.45) is 0. The third-order valence-corrected chi connectivity index (χ3v) is 6.23. The van der Waals surface area contributed by atoms with Crippen molar-refractivity contribution in [1.29, 1.82) is 0 Å². The minimum atomic E-state index is 0.0805. The van der Waals surface area contributed by atoms with Crippen LogP contribution in [0.5, 0.6) is 0 Å². The summed E-state index contributed by atoms with van der Waals surface area (Å²) in [7, 11) is 0. The lowest BCUT2D eigenvalue weighted by molar-refractivity contribution is -0.676. The second-order valence-electron chi connectivity index (χ2n) is 6.36. The molecule has 0 aliphatic rings. The van der Waals surface area contributed by atoms with Gasteiger partial charge in [0.15, 0.2) is 6.54 Å². The number of amides is 1. The molecule has 0 spiro atoms. The molecule has 0 bridgehead atoms. The van der Waals surface area contributed by atoms with E-state index in [0.29, 0.717) is 13.1 Å². The van der Waals surface area contributed by atoms with Gasteiger partial charge in [-0.1, -0.05) is 54.1 Å². The first kappa shape index (κ1) is 19.7. The topological polar surface area (TPSA) is 45.7 Å². The maximum absolute atomic E-state index is 12.3. The van der Waals surface area contributed by atoms with E-state index in [1.54, 1.807) is 23.1 Å². The van der Waals surface area contributed by atoms with Gasteiger partial charge >= 0.3 is 0 Å². The van der Waals surface area contributed by atoms with E-state index in [9.17, 15) is 4.79 Å². The zero-order valence-corrected chi connectivity index (χ0v) is 17.1. The van der Waals surface area contributed by atoms with Gasteiger partial charge in [-0.2, -0.15) is 0 Å². The fourth-order valence-electron chi connectivity index (χ4n) is 2.84. The van der Waals surface area contributed by atoms with E-state index in [-0.39, 0.29) is 11.9 Å². The molecule has 5 heteroatoms. The van der Waals surface area contributed by atoms with Gasteiger partial charge in [0.2, 0.25) is 0 Å². The fourth-order valence-corrected chi connectivity index (χ4v) is 4.45. The Labute approximate surface area is 169 Å². The first-order chi connectivity index (χ1) is 13.2. The Kier molecular flexibility index (Phi) is 7.51. The number of benzene rings is 2. The number of aryl methyl sites for hydroxylation is 1. The maximum atomic E-state index is 12.3. The quantitative estimate of drug-likeness (QED) is 0.428. The second-order valence-corrected chi connectivity index (χ2v) is 8.50. The van der Waals surface area contributed by atoms with Gasteiger partial charge < -0.3 is 10.6 Å². The van der Waals surface area contributed by atoms with Crippen molar-refractivity contribution in [2.45, 2.75) is 17.9 Å². The lowest BCUT2D eigenvalue weighted by Gasteiger charge is -2.14. The van der Waals surface area contributed by atoms with E-state index in [1.807, 2.05) is 18.2 Å². The number of rotatable bonds is 9. The summed E-state index contributed by atoms with van der Waals surface area (Å²) in [6.45, 7) is 3.19. The summed E-state index contributed by atoms with van der Waals surface area (Å²) in [4.78, 5) is 14.8. The molecule has 0 fully saturated rings. The van der Waals surface area contributed by atoms with Crippen molar-refractivity contribution in [3.8, 4) is 0 Å². The van der Waals surface area contributed by atoms with Gasteiger partial charge in [-0.15, -0.1) is 23.1 Å². The number of carbonyl (C=O) groups is 1. The van der Waals surface area contributed by atoms with E-state index in [1.165, 1.54) is 20.9 Å². The molecule has 2 aromatic carbocycles. The Bertz CT molecular complexity index is 817. The lowest BCUT2D eigenvalue weighted by atomic mass is 10.1. The molecule has 0 saturated carbocycles. The Balaban J connectivity index is 1.44. The van der Waals surface area contributed by atoms with Crippen LogP contribution in [0.1, 0.15) is 22.0 Å². The standard InChI is InChI=1S/C22H24N2OS2/c1-17-9-11-19(12-10-17)26-15-13-23-21(25)16-24-22(20-8-5-14-27-20)18-6-3-2-4-7-18/h2-12,14,22,24H,13,15-16H2,1H3,(H,23,25)/p+1/t22-/m0/s1. The molecule has 1 aromatic heterocycles. The average molecular weight is 398 g/mol. The van der Waals surface area contributed by atoms with E-state index >= 15 is 0 Å². The smallest absolute Gasteiger partial charge is 0.275 e. The molecule has 3 rings (SSSR count). The fraction of sp³-hybridized carbons (Fsp3) is 0.227. The molecular weight excluding hydrogens is 372 g/mol. The predicted octanol–water partition coefficient (Wildman–Crippen LogP) is 3.62. The summed E-state index contributed by atoms with van der Waals surface area (Å²) in [6, 6.07) is 23.2. The van der Waals surface area contributed by atoms with Gasteiger partial charge in [-0.3, -0.25) is 4.79 Å². The molecule has 1 heterocycles. The molecule has 27 heavy (non-hydrogen) atoms. The van der Waals surface area contributed by atoms with Crippen molar-refractivity contribution in [2.75, 3.05) is 18.8 Å². The summed E-state index contributed by atoms with van der Waals surface area (Å²) in [5, 5.41) is 7.23. The highest BCUT2D eigenvalue weighted by Crippen LogP contribution is 2.22. The highest BCUT2D eigenvalue weighted by Gasteiger charge is 2.19. The third-order valence-electron chi connectivity index (χ3n) is 4.26. The molecule has 0 unspecified atom stereocenters. The van der Waals surface area contributed by atoms with Crippen LogP contribution in [0.15, 0.2) is 77.0 Å². The van der Waals surface area contributed by atoms with Crippen molar-refractivity contribution in [1.82, 2.24) is 5.32 Å². The minimum Gasteiger partial charge on any atom is -0.350 e. The predicted molar refractivity (Wildman–Crippen MR) is 114 cm³/mol. The van der Waals surface area contributed by atoms with Gasteiger partial charge in [0, 0.05) is 22.8 Å². The van der Waals surface area contributed by atoms with Crippen molar-refractivity contribution in [3.63, 3.8) is 0 Å². The van der Waals surface area contributed by atoms with Gasteiger partial charge in [-0.25, -0.2) is 0 Å². The minimum absolute atomic E-state index is 0.0805. The van der Waals surface area contributed by atoms with Crippen LogP contribution in [-0.4, -0.2) is 24.7 Å². The van der Waals surface area contributed by atoms with Gasteiger partial charge in [0.25, 0.3) is 5.91 Å². The largest absolute Gasteiger partial charge is 0.350 e. The Morgan fingerprint density at radius 3 is 2.56 bits per heavy atom. The Morgan fingerprint density at radius 2 is 1.85 bits per heavy atom.